The van der Waals surface area contributed by atoms with Crippen LogP contribution in [-0.2, 0) is 0 Å². The van der Waals surface area contributed by atoms with Crippen molar-refractivity contribution in [2.75, 3.05) is 37.0 Å². The topological polar surface area (TPSA) is 83.4 Å². The number of ether oxygens (including phenoxy) is 1. The van der Waals surface area contributed by atoms with E-state index in [9.17, 15) is 5.11 Å². The molecule has 0 aromatic carbocycles. The number of rotatable bonds is 4. The smallest absolute Gasteiger partial charge is 0.323 e. The van der Waals surface area contributed by atoms with Crippen LogP contribution in [0.15, 0.2) is 0 Å². The fraction of sp³-hybridized carbons (Fsp3) is 0.750. The third kappa shape index (κ3) is 3.44. The molecule has 1 saturated heterocycles. The lowest BCUT2D eigenvalue weighted by atomic mass is 9.95. The van der Waals surface area contributed by atoms with Crippen LogP contribution in [0.1, 0.15) is 26.7 Å². The van der Waals surface area contributed by atoms with E-state index in [4.69, 9.17) is 4.74 Å². The number of hydrogen-bond donors (Lipinski definition) is 2. The van der Waals surface area contributed by atoms with Gasteiger partial charge in [0, 0.05) is 20.1 Å². The fourth-order valence-electron chi connectivity index (χ4n) is 2.18. The van der Waals surface area contributed by atoms with Gasteiger partial charge in [0.15, 0.2) is 0 Å². The first-order chi connectivity index (χ1) is 9.04. The largest absolute Gasteiger partial charge is 0.464 e. The highest BCUT2D eigenvalue weighted by molar-refractivity contribution is 5.39. The van der Waals surface area contributed by atoms with Gasteiger partial charge in [-0.3, -0.25) is 0 Å². The van der Waals surface area contributed by atoms with E-state index in [1.807, 2.05) is 18.7 Å². The second kappa shape index (κ2) is 5.56. The van der Waals surface area contributed by atoms with E-state index in [2.05, 4.69) is 20.3 Å². The van der Waals surface area contributed by atoms with Gasteiger partial charge in [-0.2, -0.15) is 15.0 Å². The van der Waals surface area contributed by atoms with Crippen molar-refractivity contribution < 1.29 is 9.84 Å². The molecule has 1 fully saturated rings. The number of nitrogens with one attached hydrogen (secondary N) is 1. The Hall–Kier alpha value is -1.63. The van der Waals surface area contributed by atoms with Crippen LogP contribution in [0.25, 0.3) is 0 Å². The van der Waals surface area contributed by atoms with Crippen molar-refractivity contribution in [1.29, 1.82) is 0 Å². The molecule has 1 unspecified atom stereocenters. The van der Waals surface area contributed by atoms with Gasteiger partial charge in [0.1, 0.15) is 0 Å². The van der Waals surface area contributed by atoms with Crippen LogP contribution in [0.4, 0.5) is 11.9 Å². The summed E-state index contributed by atoms with van der Waals surface area (Å²) in [5.41, 5.74) is -0.698. The van der Waals surface area contributed by atoms with Crippen LogP contribution in [0.5, 0.6) is 6.01 Å². The predicted octanol–water partition coefficient (Wildman–Crippen LogP) is 0.663. The number of nitrogens with zero attached hydrogens (tertiary/aromatic N) is 4. The second-order valence-corrected chi connectivity index (χ2v) is 4.95. The molecular formula is C12H21N5O2. The first-order valence-corrected chi connectivity index (χ1v) is 6.58. The molecule has 2 heterocycles. The molecule has 1 aromatic rings. The zero-order valence-electron chi connectivity index (χ0n) is 11.7. The average molecular weight is 267 g/mol. The molecule has 2 N–H and O–H groups in total. The molecule has 1 aromatic heterocycles. The van der Waals surface area contributed by atoms with Gasteiger partial charge < -0.3 is 20.1 Å². The Morgan fingerprint density at radius 1 is 1.42 bits per heavy atom. The minimum absolute atomic E-state index is 0.307. The van der Waals surface area contributed by atoms with Crippen molar-refractivity contribution in [2.24, 2.45) is 0 Å². The lowest BCUT2D eigenvalue weighted by molar-refractivity contribution is 0.0444. The fourth-order valence-corrected chi connectivity index (χ4v) is 2.18. The monoisotopic (exact) mass is 267 g/mol. The zero-order chi connectivity index (χ0) is 13.9. The molecule has 0 spiro atoms. The summed E-state index contributed by atoms with van der Waals surface area (Å²) in [7, 11) is 1.75. The normalized spacial score (nSPS) is 23.3. The van der Waals surface area contributed by atoms with Gasteiger partial charge in [-0.1, -0.05) is 0 Å². The Kier molecular flexibility index (Phi) is 4.04. The van der Waals surface area contributed by atoms with Crippen molar-refractivity contribution >= 4 is 11.9 Å². The van der Waals surface area contributed by atoms with E-state index >= 15 is 0 Å². The van der Waals surface area contributed by atoms with Crippen LogP contribution in [0.3, 0.4) is 0 Å². The molecule has 106 valence electrons. The Labute approximate surface area is 113 Å². The molecule has 0 bridgehead atoms. The third-order valence-corrected chi connectivity index (χ3v) is 3.06. The highest BCUT2D eigenvalue weighted by atomic mass is 16.5. The highest BCUT2D eigenvalue weighted by Gasteiger charge is 2.30. The molecule has 19 heavy (non-hydrogen) atoms. The molecule has 0 radical (unpaired) electrons. The summed E-state index contributed by atoms with van der Waals surface area (Å²) < 4.78 is 5.34. The molecule has 2 rings (SSSR count). The van der Waals surface area contributed by atoms with Gasteiger partial charge in [0.05, 0.1) is 12.2 Å². The van der Waals surface area contributed by atoms with Crippen molar-refractivity contribution in [3.05, 3.63) is 0 Å². The highest BCUT2D eigenvalue weighted by Crippen LogP contribution is 2.24. The first-order valence-electron chi connectivity index (χ1n) is 6.58. The Bertz CT molecular complexity index is 438. The van der Waals surface area contributed by atoms with E-state index in [0.29, 0.717) is 31.1 Å². The van der Waals surface area contributed by atoms with Crippen molar-refractivity contribution in [1.82, 2.24) is 15.0 Å². The summed E-state index contributed by atoms with van der Waals surface area (Å²) in [5, 5.41) is 13.0. The van der Waals surface area contributed by atoms with E-state index in [0.717, 1.165) is 19.4 Å². The zero-order valence-corrected chi connectivity index (χ0v) is 11.7. The maximum atomic E-state index is 10.1. The summed E-state index contributed by atoms with van der Waals surface area (Å²) in [6, 6.07) is 0.307. The minimum atomic E-state index is -0.698. The molecule has 0 amide bonds. The van der Waals surface area contributed by atoms with Gasteiger partial charge in [0.25, 0.3) is 0 Å². The molecule has 0 aliphatic carbocycles. The van der Waals surface area contributed by atoms with Crippen molar-refractivity contribution in [3.8, 4) is 6.01 Å². The number of aromatic nitrogens is 3. The summed E-state index contributed by atoms with van der Waals surface area (Å²) in [6.07, 6.45) is 1.71. The lowest BCUT2D eigenvalue weighted by Crippen LogP contribution is -2.46. The van der Waals surface area contributed by atoms with E-state index in [1.54, 1.807) is 7.05 Å². The SMILES string of the molecule is CCOc1nc(NC)nc(N2CCCC(C)(O)C2)n1. The van der Waals surface area contributed by atoms with Crippen molar-refractivity contribution in [3.63, 3.8) is 0 Å². The van der Waals surface area contributed by atoms with Gasteiger partial charge in [-0.25, -0.2) is 0 Å². The van der Waals surface area contributed by atoms with Crippen LogP contribution < -0.4 is 15.0 Å². The van der Waals surface area contributed by atoms with E-state index in [1.165, 1.54) is 0 Å². The van der Waals surface area contributed by atoms with Gasteiger partial charge in [-0.15, -0.1) is 0 Å². The third-order valence-electron chi connectivity index (χ3n) is 3.06. The number of hydrogen-bond acceptors (Lipinski definition) is 7. The van der Waals surface area contributed by atoms with E-state index < -0.39 is 5.60 Å². The minimum Gasteiger partial charge on any atom is -0.464 e. The van der Waals surface area contributed by atoms with Crippen molar-refractivity contribution in [2.45, 2.75) is 32.3 Å². The Balaban J connectivity index is 2.25. The molecule has 0 saturated carbocycles. The first kappa shape index (κ1) is 13.8. The summed E-state index contributed by atoms with van der Waals surface area (Å²) in [4.78, 5) is 14.7. The lowest BCUT2D eigenvalue weighted by Gasteiger charge is -2.36. The summed E-state index contributed by atoms with van der Waals surface area (Å²) in [5.74, 6) is 1.02. The van der Waals surface area contributed by atoms with Crippen LogP contribution in [0.2, 0.25) is 0 Å². The Morgan fingerprint density at radius 2 is 2.21 bits per heavy atom. The molecular weight excluding hydrogens is 246 g/mol. The maximum absolute atomic E-state index is 10.1. The van der Waals surface area contributed by atoms with Crippen LogP contribution >= 0.6 is 0 Å². The van der Waals surface area contributed by atoms with Gasteiger partial charge in [0.2, 0.25) is 11.9 Å². The number of aliphatic hydroxyl groups is 1. The number of piperidine rings is 1. The summed E-state index contributed by atoms with van der Waals surface area (Å²) in [6.45, 7) is 5.57. The predicted molar refractivity (Wildman–Crippen MR) is 72.6 cm³/mol. The average Bonchev–Trinajstić information content (AvgIpc) is 2.37. The van der Waals surface area contributed by atoms with Crippen LogP contribution in [-0.4, -0.2) is 52.4 Å². The van der Waals surface area contributed by atoms with Crippen LogP contribution in [0, 0.1) is 0 Å². The molecule has 7 heteroatoms. The number of anilines is 2. The maximum Gasteiger partial charge on any atom is 0.323 e. The second-order valence-electron chi connectivity index (χ2n) is 4.95. The Morgan fingerprint density at radius 3 is 2.84 bits per heavy atom. The van der Waals surface area contributed by atoms with Gasteiger partial charge in [-0.05, 0) is 26.7 Å². The molecule has 1 aliphatic heterocycles. The molecule has 7 nitrogen and oxygen atoms in total. The summed E-state index contributed by atoms with van der Waals surface area (Å²) >= 11 is 0. The van der Waals surface area contributed by atoms with Gasteiger partial charge >= 0.3 is 6.01 Å². The molecule has 1 aliphatic rings. The molecule has 1 atom stereocenters. The quantitative estimate of drug-likeness (QED) is 0.829. The van der Waals surface area contributed by atoms with E-state index in [-0.39, 0.29) is 0 Å². The standard InChI is InChI=1S/C12H21N5O2/c1-4-19-11-15-9(13-3)14-10(16-11)17-7-5-6-12(2,18)8-17/h18H,4-8H2,1-3H3,(H,13,14,15,16). The number of β-amino-alcohol motifs (C(OH)–C–C–N with tert-alkyl or cyclic N) is 1.